The zero-order valence-electron chi connectivity index (χ0n) is 10.3. The van der Waals surface area contributed by atoms with E-state index in [0.717, 1.165) is 5.69 Å². The second kappa shape index (κ2) is 4.23. The first-order valence-corrected chi connectivity index (χ1v) is 5.37. The maximum absolute atomic E-state index is 9.85. The Kier molecular flexibility index (Phi) is 3.40. The van der Waals surface area contributed by atoms with Gasteiger partial charge in [0.2, 0.25) is 0 Å². The molecular formula is C13H21NO. The third-order valence-electron chi connectivity index (χ3n) is 2.82. The minimum Gasteiger partial charge on any atom is -0.388 e. The van der Waals surface area contributed by atoms with Crippen LogP contribution in [0.3, 0.4) is 0 Å². The average molecular weight is 207 g/mol. The molecule has 0 bridgehead atoms. The Balaban J connectivity index is 2.85. The van der Waals surface area contributed by atoms with Gasteiger partial charge in [-0.2, -0.15) is 0 Å². The lowest BCUT2D eigenvalue weighted by Gasteiger charge is -2.28. The van der Waals surface area contributed by atoms with Crippen LogP contribution in [0.25, 0.3) is 0 Å². The van der Waals surface area contributed by atoms with Gasteiger partial charge in [-0.1, -0.05) is 12.1 Å². The van der Waals surface area contributed by atoms with Gasteiger partial charge in [-0.25, -0.2) is 0 Å². The predicted molar refractivity (Wildman–Crippen MR) is 65.3 cm³/mol. The minimum absolute atomic E-state index is 0.0259. The molecule has 0 spiro atoms. The van der Waals surface area contributed by atoms with Crippen molar-refractivity contribution in [1.29, 1.82) is 0 Å². The lowest BCUT2D eigenvalue weighted by Crippen LogP contribution is -2.39. The quantitative estimate of drug-likeness (QED) is 0.798. The number of aliphatic hydroxyl groups is 1. The molecule has 0 radical (unpaired) electrons. The smallest absolute Gasteiger partial charge is 0.0789 e. The Labute approximate surface area is 92.3 Å². The molecule has 0 aliphatic rings. The first kappa shape index (κ1) is 12.1. The van der Waals surface area contributed by atoms with Gasteiger partial charge in [-0.05, 0) is 51.8 Å². The molecule has 15 heavy (non-hydrogen) atoms. The summed E-state index contributed by atoms with van der Waals surface area (Å²) in [5.74, 6) is 0. The number of rotatable bonds is 3. The summed E-state index contributed by atoms with van der Waals surface area (Å²) in [5, 5.41) is 13.2. The lowest BCUT2D eigenvalue weighted by molar-refractivity contribution is 0.0649. The largest absolute Gasteiger partial charge is 0.388 e. The van der Waals surface area contributed by atoms with E-state index in [1.165, 1.54) is 11.1 Å². The third-order valence-corrected chi connectivity index (χ3v) is 2.82. The van der Waals surface area contributed by atoms with Crippen LogP contribution in [0.1, 0.15) is 31.9 Å². The maximum Gasteiger partial charge on any atom is 0.0789 e. The summed E-state index contributed by atoms with van der Waals surface area (Å²) in [4.78, 5) is 0. The molecule has 1 atom stereocenters. The van der Waals surface area contributed by atoms with Crippen molar-refractivity contribution < 1.29 is 5.11 Å². The van der Waals surface area contributed by atoms with E-state index in [9.17, 15) is 5.11 Å². The van der Waals surface area contributed by atoms with Gasteiger partial charge in [0.1, 0.15) is 0 Å². The monoisotopic (exact) mass is 207 g/mol. The maximum atomic E-state index is 9.85. The number of nitrogens with one attached hydrogen (secondary N) is 1. The minimum atomic E-state index is -0.712. The summed E-state index contributed by atoms with van der Waals surface area (Å²) in [5.41, 5.74) is 2.82. The van der Waals surface area contributed by atoms with Gasteiger partial charge < -0.3 is 10.4 Å². The molecule has 1 unspecified atom stereocenters. The van der Waals surface area contributed by atoms with Crippen molar-refractivity contribution >= 4 is 5.69 Å². The summed E-state index contributed by atoms with van der Waals surface area (Å²) in [7, 11) is 0. The number of hydrogen-bond donors (Lipinski definition) is 2. The van der Waals surface area contributed by atoms with Gasteiger partial charge in [-0.3, -0.25) is 0 Å². The molecular weight excluding hydrogens is 186 g/mol. The fourth-order valence-electron chi connectivity index (χ4n) is 1.30. The summed E-state index contributed by atoms with van der Waals surface area (Å²) in [6.45, 7) is 9.76. The molecule has 1 aromatic rings. The molecule has 0 aliphatic heterocycles. The number of benzene rings is 1. The molecule has 1 rings (SSSR count). The van der Waals surface area contributed by atoms with Crippen LogP contribution in [-0.4, -0.2) is 16.7 Å². The normalized spacial score (nSPS) is 13.7. The van der Waals surface area contributed by atoms with E-state index in [1.807, 2.05) is 20.8 Å². The highest BCUT2D eigenvalue weighted by molar-refractivity contribution is 5.53. The van der Waals surface area contributed by atoms with Gasteiger partial charge in [0.25, 0.3) is 0 Å². The summed E-state index contributed by atoms with van der Waals surface area (Å²) in [6, 6.07) is 6.32. The number of anilines is 1. The summed E-state index contributed by atoms with van der Waals surface area (Å²) in [6.07, 6.45) is 0. The topological polar surface area (TPSA) is 32.3 Å². The zero-order valence-corrected chi connectivity index (χ0v) is 10.3. The van der Waals surface area contributed by atoms with Crippen LogP contribution in [0.2, 0.25) is 0 Å². The van der Waals surface area contributed by atoms with Gasteiger partial charge >= 0.3 is 0 Å². The van der Waals surface area contributed by atoms with Crippen LogP contribution in [-0.2, 0) is 0 Å². The third kappa shape index (κ3) is 3.24. The molecule has 0 saturated carbocycles. The van der Waals surface area contributed by atoms with Crippen molar-refractivity contribution in [1.82, 2.24) is 0 Å². The Morgan fingerprint density at radius 1 is 1.27 bits per heavy atom. The van der Waals surface area contributed by atoms with Gasteiger partial charge in [0.05, 0.1) is 11.6 Å². The van der Waals surface area contributed by atoms with Gasteiger partial charge in [0, 0.05) is 5.69 Å². The van der Waals surface area contributed by atoms with Crippen LogP contribution in [0.15, 0.2) is 18.2 Å². The molecule has 2 heteroatoms. The Hall–Kier alpha value is -1.02. The highest BCUT2D eigenvalue weighted by Crippen LogP contribution is 2.20. The molecule has 0 fully saturated rings. The van der Waals surface area contributed by atoms with Crippen LogP contribution in [0.5, 0.6) is 0 Å². The Bertz CT molecular complexity index is 339. The molecule has 2 nitrogen and oxygen atoms in total. The molecule has 0 heterocycles. The van der Waals surface area contributed by atoms with Gasteiger partial charge in [0.15, 0.2) is 0 Å². The van der Waals surface area contributed by atoms with Crippen LogP contribution in [0, 0.1) is 13.8 Å². The molecule has 0 aromatic heterocycles. The SMILES string of the molecule is Cc1ccc(C)c(NC(C)C(C)(C)O)c1. The second-order valence-electron chi connectivity index (χ2n) is 4.84. The van der Waals surface area contributed by atoms with E-state index in [0.29, 0.717) is 0 Å². The van der Waals surface area contributed by atoms with E-state index in [4.69, 9.17) is 0 Å². The highest BCUT2D eigenvalue weighted by atomic mass is 16.3. The molecule has 0 aliphatic carbocycles. The molecule has 2 N–H and O–H groups in total. The van der Waals surface area contributed by atoms with Crippen LogP contribution in [0.4, 0.5) is 5.69 Å². The van der Waals surface area contributed by atoms with Crippen molar-refractivity contribution in [2.24, 2.45) is 0 Å². The second-order valence-corrected chi connectivity index (χ2v) is 4.84. The van der Waals surface area contributed by atoms with E-state index in [-0.39, 0.29) is 6.04 Å². The van der Waals surface area contributed by atoms with E-state index in [1.54, 1.807) is 0 Å². The molecule has 0 saturated heterocycles. The number of hydrogen-bond acceptors (Lipinski definition) is 2. The molecule has 0 amide bonds. The summed E-state index contributed by atoms with van der Waals surface area (Å²) < 4.78 is 0. The van der Waals surface area contributed by atoms with E-state index >= 15 is 0 Å². The van der Waals surface area contributed by atoms with Crippen LogP contribution < -0.4 is 5.32 Å². The lowest BCUT2D eigenvalue weighted by atomic mass is 10.00. The average Bonchev–Trinajstić information content (AvgIpc) is 2.09. The Morgan fingerprint density at radius 2 is 1.87 bits per heavy atom. The highest BCUT2D eigenvalue weighted by Gasteiger charge is 2.22. The predicted octanol–water partition coefficient (Wildman–Crippen LogP) is 2.87. The van der Waals surface area contributed by atoms with E-state index < -0.39 is 5.60 Å². The van der Waals surface area contributed by atoms with Crippen molar-refractivity contribution in [3.63, 3.8) is 0 Å². The van der Waals surface area contributed by atoms with Crippen LogP contribution >= 0.6 is 0 Å². The molecule has 1 aromatic carbocycles. The fraction of sp³-hybridized carbons (Fsp3) is 0.538. The zero-order chi connectivity index (χ0) is 11.6. The standard InChI is InChI=1S/C13H21NO/c1-9-6-7-10(2)12(8-9)14-11(3)13(4,5)15/h6-8,11,14-15H,1-5H3. The van der Waals surface area contributed by atoms with Crippen molar-refractivity contribution in [2.75, 3.05) is 5.32 Å². The first-order chi connectivity index (χ1) is 6.80. The van der Waals surface area contributed by atoms with Crippen molar-refractivity contribution in [3.8, 4) is 0 Å². The van der Waals surface area contributed by atoms with Crippen molar-refractivity contribution in [2.45, 2.75) is 46.3 Å². The molecule has 84 valence electrons. The van der Waals surface area contributed by atoms with E-state index in [2.05, 4.69) is 37.4 Å². The number of aryl methyl sites for hydroxylation is 2. The fourth-order valence-corrected chi connectivity index (χ4v) is 1.30. The first-order valence-electron chi connectivity index (χ1n) is 5.37. The van der Waals surface area contributed by atoms with Crippen molar-refractivity contribution in [3.05, 3.63) is 29.3 Å². The van der Waals surface area contributed by atoms with Gasteiger partial charge in [-0.15, -0.1) is 0 Å². The Morgan fingerprint density at radius 3 is 2.40 bits per heavy atom. The summed E-state index contributed by atoms with van der Waals surface area (Å²) >= 11 is 0.